The number of hydrogen-bond donors (Lipinski definition) is 2. The van der Waals surface area contributed by atoms with E-state index in [0.717, 1.165) is 50.3 Å². The first-order chi connectivity index (χ1) is 12.6. The van der Waals surface area contributed by atoms with Crippen molar-refractivity contribution in [2.24, 2.45) is 0 Å². The van der Waals surface area contributed by atoms with Crippen molar-refractivity contribution in [3.63, 3.8) is 0 Å². The first-order valence-electron chi connectivity index (χ1n) is 8.95. The van der Waals surface area contributed by atoms with Crippen molar-refractivity contribution >= 4 is 29.4 Å². The third-order valence-electron chi connectivity index (χ3n) is 4.05. The maximum atomic E-state index is 11.3. The molecule has 1 amide bonds. The van der Waals surface area contributed by atoms with Gasteiger partial charge in [-0.1, -0.05) is 25.4 Å². The standard InChI is InChI=1S/C17H24ClN3O3.C2H6/c1-20(12-23)16-11-14(18)17(24-2)10-13(16)15(4-9-22)21-7-3-5-19-6-8-21;1-2/h4,10-12,19,22H,3,5-9H2,1-2H3;1-2H3/b15-4-;. The molecule has 1 aliphatic rings. The Bertz CT molecular complexity index is 600. The Morgan fingerprint density at radius 3 is 2.73 bits per heavy atom. The number of halogens is 1. The summed E-state index contributed by atoms with van der Waals surface area (Å²) >= 11 is 6.24. The summed E-state index contributed by atoms with van der Waals surface area (Å²) in [6.07, 6.45) is 3.50. The van der Waals surface area contributed by atoms with E-state index in [9.17, 15) is 9.90 Å². The second kappa shape index (κ2) is 11.8. The Labute approximate surface area is 161 Å². The number of carbonyl (C=O) groups is 1. The van der Waals surface area contributed by atoms with Crippen molar-refractivity contribution in [3.8, 4) is 5.75 Å². The van der Waals surface area contributed by atoms with Crippen LogP contribution >= 0.6 is 11.6 Å². The summed E-state index contributed by atoms with van der Waals surface area (Å²) in [5, 5.41) is 13.3. The lowest BCUT2D eigenvalue weighted by Crippen LogP contribution is -2.28. The molecule has 1 heterocycles. The van der Waals surface area contributed by atoms with Gasteiger partial charge < -0.3 is 25.0 Å². The molecule has 2 rings (SSSR count). The lowest BCUT2D eigenvalue weighted by Gasteiger charge is -2.29. The summed E-state index contributed by atoms with van der Waals surface area (Å²) in [6, 6.07) is 3.53. The maximum absolute atomic E-state index is 11.3. The lowest BCUT2D eigenvalue weighted by molar-refractivity contribution is -0.107. The van der Waals surface area contributed by atoms with Crippen LogP contribution in [0.25, 0.3) is 5.70 Å². The monoisotopic (exact) mass is 383 g/mol. The number of ether oxygens (including phenoxy) is 1. The van der Waals surface area contributed by atoms with Gasteiger partial charge in [-0.25, -0.2) is 0 Å². The summed E-state index contributed by atoms with van der Waals surface area (Å²) < 4.78 is 5.33. The minimum absolute atomic E-state index is 0.0888. The summed E-state index contributed by atoms with van der Waals surface area (Å²) in [7, 11) is 3.23. The number of aliphatic hydroxyl groups excluding tert-OH is 1. The quantitative estimate of drug-likeness (QED) is 0.739. The van der Waals surface area contributed by atoms with Gasteiger partial charge >= 0.3 is 0 Å². The zero-order valence-electron chi connectivity index (χ0n) is 16.1. The number of benzene rings is 1. The molecule has 0 unspecified atom stereocenters. The molecule has 146 valence electrons. The number of aliphatic hydroxyl groups is 1. The van der Waals surface area contributed by atoms with Gasteiger partial charge in [0, 0.05) is 37.9 Å². The summed E-state index contributed by atoms with van der Waals surface area (Å²) in [5.41, 5.74) is 2.36. The number of nitrogens with one attached hydrogen (secondary N) is 1. The third-order valence-corrected chi connectivity index (χ3v) is 4.34. The normalized spacial score (nSPS) is 14.8. The Balaban J connectivity index is 0.00000163. The molecule has 1 aliphatic heterocycles. The van der Waals surface area contributed by atoms with E-state index in [1.165, 1.54) is 4.90 Å². The highest BCUT2D eigenvalue weighted by molar-refractivity contribution is 6.32. The Hall–Kier alpha value is -1.76. The van der Waals surface area contributed by atoms with E-state index in [1.807, 2.05) is 19.9 Å². The molecule has 0 spiro atoms. The topological polar surface area (TPSA) is 65.0 Å². The van der Waals surface area contributed by atoms with Crippen molar-refractivity contribution in [2.45, 2.75) is 20.3 Å². The number of amides is 1. The van der Waals surface area contributed by atoms with Gasteiger partial charge in [-0.05, 0) is 31.2 Å². The molecule has 0 aromatic heterocycles. The second-order valence-electron chi connectivity index (χ2n) is 5.58. The fourth-order valence-electron chi connectivity index (χ4n) is 2.84. The van der Waals surface area contributed by atoms with Crippen molar-refractivity contribution < 1.29 is 14.6 Å². The Morgan fingerprint density at radius 2 is 2.12 bits per heavy atom. The molecule has 0 radical (unpaired) electrons. The van der Waals surface area contributed by atoms with Crippen molar-refractivity contribution in [2.75, 3.05) is 51.8 Å². The van der Waals surface area contributed by atoms with Crippen LogP contribution in [0.2, 0.25) is 5.02 Å². The highest BCUT2D eigenvalue weighted by Gasteiger charge is 2.20. The molecule has 26 heavy (non-hydrogen) atoms. The number of rotatable bonds is 6. The molecule has 6 nitrogen and oxygen atoms in total. The van der Waals surface area contributed by atoms with E-state index in [1.54, 1.807) is 26.3 Å². The molecule has 7 heteroatoms. The van der Waals surface area contributed by atoms with Crippen LogP contribution in [0.5, 0.6) is 5.75 Å². The minimum atomic E-state index is -0.0888. The van der Waals surface area contributed by atoms with Crippen LogP contribution in [0.4, 0.5) is 5.69 Å². The van der Waals surface area contributed by atoms with Crippen LogP contribution in [-0.2, 0) is 4.79 Å². The first kappa shape index (κ1) is 22.3. The SMILES string of the molecule is CC.COc1cc(/C(=C/CO)N2CCCNCC2)c(N(C)C=O)cc1Cl. The molecular weight excluding hydrogens is 354 g/mol. The van der Waals surface area contributed by atoms with Crippen LogP contribution in [0.3, 0.4) is 0 Å². The largest absolute Gasteiger partial charge is 0.495 e. The molecular formula is C19H30ClN3O3. The predicted octanol–water partition coefficient (Wildman–Crippen LogP) is 2.60. The second-order valence-corrected chi connectivity index (χ2v) is 5.99. The zero-order valence-corrected chi connectivity index (χ0v) is 16.8. The molecule has 1 aromatic carbocycles. The van der Waals surface area contributed by atoms with Crippen LogP contribution in [-0.4, -0.2) is 63.4 Å². The van der Waals surface area contributed by atoms with Crippen molar-refractivity contribution in [1.82, 2.24) is 10.2 Å². The van der Waals surface area contributed by atoms with E-state index in [4.69, 9.17) is 16.3 Å². The van der Waals surface area contributed by atoms with E-state index in [-0.39, 0.29) is 6.61 Å². The Morgan fingerprint density at radius 1 is 1.38 bits per heavy atom. The molecule has 1 aromatic rings. The maximum Gasteiger partial charge on any atom is 0.213 e. The van der Waals surface area contributed by atoms with Gasteiger partial charge in [0.2, 0.25) is 6.41 Å². The molecule has 1 saturated heterocycles. The van der Waals surface area contributed by atoms with Crippen molar-refractivity contribution in [3.05, 3.63) is 28.8 Å². The van der Waals surface area contributed by atoms with Gasteiger partial charge in [0.05, 0.1) is 24.4 Å². The molecule has 1 fully saturated rings. The number of nitrogens with zero attached hydrogens (tertiary/aromatic N) is 2. The fraction of sp³-hybridized carbons (Fsp3) is 0.526. The van der Waals surface area contributed by atoms with Gasteiger partial charge in [0.1, 0.15) is 5.75 Å². The molecule has 0 bridgehead atoms. The lowest BCUT2D eigenvalue weighted by atomic mass is 10.1. The molecule has 0 aliphatic carbocycles. The number of methoxy groups -OCH3 is 1. The van der Waals surface area contributed by atoms with Crippen LogP contribution in [0.1, 0.15) is 25.8 Å². The van der Waals surface area contributed by atoms with Crippen molar-refractivity contribution in [1.29, 1.82) is 0 Å². The highest BCUT2D eigenvalue weighted by atomic mass is 35.5. The van der Waals surface area contributed by atoms with Gasteiger partial charge in [-0.3, -0.25) is 4.79 Å². The minimum Gasteiger partial charge on any atom is -0.495 e. The number of hydrogen-bond acceptors (Lipinski definition) is 5. The van der Waals surface area contributed by atoms with E-state index < -0.39 is 0 Å². The Kier molecular flexibility index (Phi) is 10.1. The average Bonchev–Trinajstić information content (AvgIpc) is 2.96. The van der Waals surface area contributed by atoms with Crippen LogP contribution in [0.15, 0.2) is 18.2 Å². The van der Waals surface area contributed by atoms with Gasteiger partial charge in [-0.15, -0.1) is 0 Å². The molecule has 0 saturated carbocycles. The summed E-state index contributed by atoms with van der Waals surface area (Å²) in [5.74, 6) is 0.534. The van der Waals surface area contributed by atoms with Crippen LogP contribution in [0, 0.1) is 0 Å². The molecule has 2 N–H and O–H groups in total. The first-order valence-corrected chi connectivity index (χ1v) is 9.33. The summed E-state index contributed by atoms with van der Waals surface area (Å²) in [6.45, 7) is 7.43. The van der Waals surface area contributed by atoms with Gasteiger partial charge in [0.25, 0.3) is 0 Å². The van der Waals surface area contributed by atoms with E-state index >= 15 is 0 Å². The third kappa shape index (κ3) is 5.62. The number of anilines is 1. The van der Waals surface area contributed by atoms with Gasteiger partial charge in [-0.2, -0.15) is 0 Å². The summed E-state index contributed by atoms with van der Waals surface area (Å²) in [4.78, 5) is 15.0. The average molecular weight is 384 g/mol. The fourth-order valence-corrected chi connectivity index (χ4v) is 3.07. The highest BCUT2D eigenvalue weighted by Crippen LogP contribution is 2.37. The zero-order chi connectivity index (χ0) is 19.5. The van der Waals surface area contributed by atoms with E-state index in [0.29, 0.717) is 16.5 Å². The van der Waals surface area contributed by atoms with E-state index in [2.05, 4.69) is 10.2 Å². The smallest absolute Gasteiger partial charge is 0.213 e. The number of carbonyl (C=O) groups excluding carboxylic acids is 1. The predicted molar refractivity (Wildman–Crippen MR) is 108 cm³/mol. The van der Waals surface area contributed by atoms with Gasteiger partial charge in [0.15, 0.2) is 0 Å². The molecule has 0 atom stereocenters. The van der Waals surface area contributed by atoms with Crippen LogP contribution < -0.4 is 15.0 Å².